The van der Waals surface area contributed by atoms with Gasteiger partial charge in [-0.1, -0.05) is 62.2 Å². The molecule has 1 saturated heterocycles. The van der Waals surface area contributed by atoms with Crippen molar-refractivity contribution in [1.29, 1.82) is 0 Å². The molecule has 1 aromatic carbocycles. The average Bonchev–Trinajstić information content (AvgIpc) is 3.26. The lowest BCUT2D eigenvalue weighted by molar-refractivity contribution is -0.138. The highest BCUT2D eigenvalue weighted by Gasteiger charge is 2.46. The van der Waals surface area contributed by atoms with Gasteiger partial charge in [-0.15, -0.1) is 0 Å². The number of hydrogen-bond acceptors (Lipinski definition) is 6. The van der Waals surface area contributed by atoms with Gasteiger partial charge in [-0.3, -0.25) is 0 Å². The van der Waals surface area contributed by atoms with Crippen LogP contribution in [0.2, 0.25) is 0 Å². The Balaban J connectivity index is 1.22. The van der Waals surface area contributed by atoms with Crippen molar-refractivity contribution in [3.63, 3.8) is 0 Å². The van der Waals surface area contributed by atoms with E-state index in [1.807, 2.05) is 13.0 Å². The van der Waals surface area contributed by atoms with Gasteiger partial charge in [0, 0.05) is 11.7 Å². The van der Waals surface area contributed by atoms with E-state index < -0.39 is 0 Å². The number of unbranched alkanes of at least 4 members (excludes halogenated alkanes) is 2. The molecule has 0 aromatic heterocycles. The molecule has 0 unspecified atom stereocenters. The van der Waals surface area contributed by atoms with Gasteiger partial charge >= 0.3 is 5.97 Å². The monoisotopic (exact) mass is 465 g/mol. The van der Waals surface area contributed by atoms with Crippen LogP contribution in [-0.2, 0) is 20.9 Å². The highest BCUT2D eigenvalue weighted by atomic mass is 16.5. The van der Waals surface area contributed by atoms with Gasteiger partial charge in [0.2, 0.25) is 0 Å². The van der Waals surface area contributed by atoms with Gasteiger partial charge in [-0.2, -0.15) is 0 Å². The zero-order chi connectivity index (χ0) is 23.9. The molecule has 3 aliphatic heterocycles. The Bertz CT molecular complexity index is 911. The Morgan fingerprint density at radius 1 is 1.26 bits per heavy atom. The van der Waals surface area contributed by atoms with Gasteiger partial charge in [0.15, 0.2) is 5.96 Å². The van der Waals surface area contributed by atoms with Crippen LogP contribution >= 0.6 is 0 Å². The van der Waals surface area contributed by atoms with E-state index in [4.69, 9.17) is 14.5 Å². The van der Waals surface area contributed by atoms with Gasteiger partial charge < -0.3 is 19.7 Å². The van der Waals surface area contributed by atoms with Crippen molar-refractivity contribution in [3.8, 4) is 0 Å². The minimum atomic E-state index is -0.237. The number of aliphatic imine (C=N–C) groups is 1. The summed E-state index contributed by atoms with van der Waals surface area (Å²) in [5.74, 6) is 0.711. The van der Waals surface area contributed by atoms with E-state index in [0.717, 1.165) is 49.3 Å². The van der Waals surface area contributed by atoms with Gasteiger partial charge in [0.05, 0.1) is 30.4 Å². The summed E-state index contributed by atoms with van der Waals surface area (Å²) >= 11 is 0. The lowest BCUT2D eigenvalue weighted by atomic mass is 9.97. The number of nitrogens with zero attached hydrogens (tertiary/aromatic N) is 2. The Morgan fingerprint density at radius 2 is 2.09 bits per heavy atom. The third-order valence-corrected chi connectivity index (χ3v) is 7.21. The highest BCUT2D eigenvalue weighted by Crippen LogP contribution is 2.38. The van der Waals surface area contributed by atoms with Crippen LogP contribution in [-0.4, -0.2) is 47.7 Å². The normalized spacial score (nSPS) is 24.2. The van der Waals surface area contributed by atoms with E-state index in [2.05, 4.69) is 48.0 Å². The minimum Gasteiger partial charge on any atom is -0.458 e. The number of benzene rings is 1. The van der Waals surface area contributed by atoms with Crippen molar-refractivity contribution in [3.05, 3.63) is 59.8 Å². The molecule has 0 amide bonds. The summed E-state index contributed by atoms with van der Waals surface area (Å²) in [5.41, 5.74) is 2.86. The van der Waals surface area contributed by atoms with Crippen LogP contribution in [0.4, 0.5) is 0 Å². The van der Waals surface area contributed by atoms with E-state index in [1.54, 1.807) is 6.08 Å². The maximum absolute atomic E-state index is 12.6. The summed E-state index contributed by atoms with van der Waals surface area (Å²) in [5, 5.41) is 3.41. The number of hydrogen-bond donors (Lipinski definition) is 1. The van der Waals surface area contributed by atoms with Crippen molar-refractivity contribution >= 4 is 11.9 Å². The molecule has 3 aliphatic rings. The van der Waals surface area contributed by atoms with Crippen LogP contribution in [0.1, 0.15) is 70.8 Å². The lowest BCUT2D eigenvalue weighted by Crippen LogP contribution is -2.56. The number of nitrogens with one attached hydrogen (secondary N) is 1. The molecule has 184 valence electrons. The maximum Gasteiger partial charge on any atom is 0.338 e. The largest absolute Gasteiger partial charge is 0.458 e. The summed E-state index contributed by atoms with van der Waals surface area (Å²) < 4.78 is 11.3. The molecule has 0 bridgehead atoms. The molecule has 1 N–H and O–H groups in total. The molecule has 0 spiro atoms. The van der Waals surface area contributed by atoms with Crippen LogP contribution in [0.5, 0.6) is 0 Å². The number of ether oxygens (including phenoxy) is 2. The molecule has 0 aliphatic carbocycles. The van der Waals surface area contributed by atoms with E-state index in [-0.39, 0.29) is 24.7 Å². The zero-order valence-corrected chi connectivity index (χ0v) is 20.7. The van der Waals surface area contributed by atoms with Gasteiger partial charge in [0.1, 0.15) is 6.61 Å². The summed E-state index contributed by atoms with van der Waals surface area (Å²) in [6.07, 6.45) is 10.9. The first-order valence-corrected chi connectivity index (χ1v) is 12.8. The number of rotatable bonds is 12. The molecule has 0 saturated carbocycles. The zero-order valence-electron chi connectivity index (χ0n) is 20.7. The second-order valence-electron chi connectivity index (χ2n) is 9.79. The third-order valence-electron chi connectivity index (χ3n) is 7.21. The maximum atomic E-state index is 12.6. The molecular weight excluding hydrogens is 426 g/mol. The predicted octanol–water partition coefficient (Wildman–Crippen LogP) is 5.11. The molecule has 1 aromatic rings. The van der Waals surface area contributed by atoms with E-state index in [1.165, 1.54) is 24.8 Å². The summed E-state index contributed by atoms with van der Waals surface area (Å²) in [7, 11) is 0. The fourth-order valence-electron chi connectivity index (χ4n) is 5.47. The summed E-state index contributed by atoms with van der Waals surface area (Å²) in [4.78, 5) is 20.0. The molecule has 0 radical (unpaired) electrons. The molecular formula is C28H39N3O3. The van der Waals surface area contributed by atoms with Crippen LogP contribution < -0.4 is 5.32 Å². The summed E-state index contributed by atoms with van der Waals surface area (Å²) in [6.45, 7) is 8.70. The number of esters is 1. The second-order valence-corrected chi connectivity index (χ2v) is 9.79. The molecule has 3 heterocycles. The topological polar surface area (TPSA) is 63.2 Å². The van der Waals surface area contributed by atoms with Gasteiger partial charge in [0.25, 0.3) is 0 Å². The molecule has 4 atom stereocenters. The van der Waals surface area contributed by atoms with Crippen molar-refractivity contribution in [2.24, 2.45) is 4.99 Å². The quantitative estimate of drug-likeness (QED) is 0.264. The molecule has 6 nitrogen and oxygen atoms in total. The second kappa shape index (κ2) is 11.7. The van der Waals surface area contributed by atoms with Crippen molar-refractivity contribution in [1.82, 2.24) is 10.2 Å². The van der Waals surface area contributed by atoms with Crippen LogP contribution in [0, 0.1) is 0 Å². The predicted molar refractivity (Wildman–Crippen MR) is 135 cm³/mol. The molecule has 6 heteroatoms. The standard InChI is InChI=1S/C28H39N3O3/c1-4-17-33-27(32)26-21(3)29-28-30-23(18-24-15-16-25(26)31(24)28)14-10-5-7-11-20(2)34-19-22-12-8-6-9-13-22/h4,6,8-9,12-13,20,23-25H,1,5,7,10-11,14-19H2,2-3H3,(H,29,30)/t20-,23-,24+,25+/m1/s1. The average molecular weight is 466 g/mol. The Morgan fingerprint density at radius 3 is 2.88 bits per heavy atom. The van der Waals surface area contributed by atoms with Gasteiger partial charge in [-0.25, -0.2) is 9.79 Å². The number of carbonyl (C=O) groups excluding carboxylic acids is 1. The van der Waals surface area contributed by atoms with Crippen LogP contribution in [0.25, 0.3) is 0 Å². The first-order chi connectivity index (χ1) is 16.6. The van der Waals surface area contributed by atoms with E-state index in [0.29, 0.717) is 18.7 Å². The number of guanidine groups is 1. The fraction of sp³-hybridized carbons (Fsp3) is 0.571. The Kier molecular flexibility index (Phi) is 8.44. The van der Waals surface area contributed by atoms with Crippen molar-refractivity contribution in [2.45, 2.75) is 96.1 Å². The number of carbonyl (C=O) groups is 1. The van der Waals surface area contributed by atoms with Crippen LogP contribution in [0.15, 0.2) is 59.2 Å². The Labute approximate surface area is 204 Å². The smallest absolute Gasteiger partial charge is 0.338 e. The lowest BCUT2D eigenvalue weighted by Gasteiger charge is -2.42. The van der Waals surface area contributed by atoms with Crippen LogP contribution in [0.3, 0.4) is 0 Å². The third kappa shape index (κ3) is 5.90. The first kappa shape index (κ1) is 24.5. The minimum absolute atomic E-state index is 0.0839. The van der Waals surface area contributed by atoms with E-state index in [9.17, 15) is 4.79 Å². The molecule has 1 fully saturated rings. The number of allylic oxidation sites excluding steroid dienone is 1. The van der Waals surface area contributed by atoms with Crippen molar-refractivity contribution in [2.75, 3.05) is 6.61 Å². The molecule has 34 heavy (non-hydrogen) atoms. The van der Waals surface area contributed by atoms with E-state index >= 15 is 0 Å². The van der Waals surface area contributed by atoms with Crippen molar-refractivity contribution < 1.29 is 14.3 Å². The summed E-state index contributed by atoms with van der Waals surface area (Å²) in [6, 6.07) is 11.3. The fourth-order valence-corrected chi connectivity index (χ4v) is 5.47. The highest BCUT2D eigenvalue weighted by molar-refractivity contribution is 5.96. The Hall–Kier alpha value is -2.60. The molecule has 4 rings (SSSR count). The SMILES string of the molecule is C=CCOC(=O)C1=C(C)NC2=N[C@H](CCCCC[C@@H](C)OCc3ccccc3)C[C@@H]3CC[C@@H]1N23. The van der Waals surface area contributed by atoms with Gasteiger partial charge in [-0.05, 0) is 51.5 Å². The first-order valence-electron chi connectivity index (χ1n) is 12.8.